The first kappa shape index (κ1) is 12.6. The maximum Gasteiger partial charge on any atom is 0.268 e. The van der Waals surface area contributed by atoms with Crippen molar-refractivity contribution in [3.63, 3.8) is 0 Å². The van der Waals surface area contributed by atoms with Crippen molar-refractivity contribution in [3.8, 4) is 0 Å². The molecule has 0 unspecified atom stereocenters. The summed E-state index contributed by atoms with van der Waals surface area (Å²) in [6.07, 6.45) is 1.99. The maximum atomic E-state index is 11.9. The molecule has 0 radical (unpaired) electrons. The lowest BCUT2D eigenvalue weighted by atomic mass is 10.4. The maximum absolute atomic E-state index is 11.9. The Kier molecular flexibility index (Phi) is 3.28. The zero-order valence-electron chi connectivity index (χ0n) is 10.1. The van der Waals surface area contributed by atoms with Gasteiger partial charge in [-0.1, -0.05) is 0 Å². The van der Waals surface area contributed by atoms with Crippen molar-refractivity contribution < 1.29 is 4.79 Å². The van der Waals surface area contributed by atoms with Gasteiger partial charge in [-0.05, 0) is 24.3 Å². The zero-order valence-corrected chi connectivity index (χ0v) is 11.6. The van der Waals surface area contributed by atoms with E-state index >= 15 is 0 Å². The molecule has 100 valence electrons. The molecule has 0 saturated heterocycles. The van der Waals surface area contributed by atoms with Gasteiger partial charge in [-0.3, -0.25) is 9.59 Å². The minimum atomic E-state index is -0.149. The second-order valence-electron chi connectivity index (χ2n) is 4.53. The molecule has 2 heterocycles. The van der Waals surface area contributed by atoms with Gasteiger partial charge in [-0.25, -0.2) is 4.98 Å². The van der Waals surface area contributed by atoms with Gasteiger partial charge in [0.15, 0.2) is 0 Å². The van der Waals surface area contributed by atoms with Crippen LogP contribution in [0.4, 0.5) is 0 Å². The molecule has 1 N–H and O–H groups in total. The van der Waals surface area contributed by atoms with Crippen molar-refractivity contribution in [3.05, 3.63) is 27.6 Å². The Hall–Kier alpha value is -1.40. The van der Waals surface area contributed by atoms with Crippen molar-refractivity contribution in [2.45, 2.75) is 25.4 Å². The summed E-state index contributed by atoms with van der Waals surface area (Å²) in [5.74, 6) is 0.361. The third-order valence-corrected chi connectivity index (χ3v) is 4.24. The van der Waals surface area contributed by atoms with E-state index in [1.54, 1.807) is 4.90 Å². The minimum Gasteiger partial charge on any atom is -0.331 e. The number of amides is 1. The van der Waals surface area contributed by atoms with E-state index in [0.29, 0.717) is 22.6 Å². The number of aromatic nitrogens is 2. The van der Waals surface area contributed by atoms with Gasteiger partial charge < -0.3 is 9.88 Å². The summed E-state index contributed by atoms with van der Waals surface area (Å²) in [5, 5.41) is 1.83. The van der Waals surface area contributed by atoms with Gasteiger partial charge in [0.25, 0.3) is 5.56 Å². The number of hydrogen-bond acceptors (Lipinski definition) is 4. The molecule has 1 aliphatic rings. The fraction of sp³-hybridized carbons (Fsp3) is 0.417. The zero-order chi connectivity index (χ0) is 13.4. The Balaban J connectivity index is 1.91. The van der Waals surface area contributed by atoms with E-state index in [2.05, 4.69) is 9.97 Å². The van der Waals surface area contributed by atoms with Gasteiger partial charge >= 0.3 is 0 Å². The normalized spacial score (nSPS) is 14.8. The van der Waals surface area contributed by atoms with Crippen LogP contribution >= 0.6 is 22.9 Å². The number of carbonyl (C=O) groups is 1. The Labute approximate surface area is 118 Å². The lowest BCUT2D eigenvalue weighted by Gasteiger charge is -2.20. The fourth-order valence-electron chi connectivity index (χ4n) is 2.04. The summed E-state index contributed by atoms with van der Waals surface area (Å²) in [7, 11) is 0. The fourth-order valence-corrected chi connectivity index (χ4v) is 2.92. The third kappa shape index (κ3) is 2.50. The molecule has 7 heteroatoms. The lowest BCUT2D eigenvalue weighted by Crippen LogP contribution is -2.34. The number of nitrogens with one attached hydrogen (secondary N) is 1. The van der Waals surface area contributed by atoms with Crippen LogP contribution < -0.4 is 5.56 Å². The van der Waals surface area contributed by atoms with Crippen LogP contribution in [-0.4, -0.2) is 32.7 Å². The molecule has 1 fully saturated rings. The molecule has 5 nitrogen and oxygen atoms in total. The Morgan fingerprint density at radius 2 is 2.37 bits per heavy atom. The van der Waals surface area contributed by atoms with Crippen molar-refractivity contribution >= 4 is 39.1 Å². The molecule has 0 spiro atoms. The van der Waals surface area contributed by atoms with Gasteiger partial charge in [0.1, 0.15) is 16.4 Å². The summed E-state index contributed by atoms with van der Waals surface area (Å²) >= 11 is 6.97. The van der Waals surface area contributed by atoms with E-state index in [9.17, 15) is 9.59 Å². The molecule has 0 aromatic carbocycles. The van der Waals surface area contributed by atoms with Crippen LogP contribution in [0.3, 0.4) is 0 Å². The molecular formula is C12H12ClN3O2S. The highest BCUT2D eigenvalue weighted by atomic mass is 35.5. The summed E-state index contributed by atoms with van der Waals surface area (Å²) in [5.41, 5.74) is 0.530. The molecule has 0 atom stereocenters. The molecule has 1 saturated carbocycles. The number of carbonyl (C=O) groups excluding carboxylic acids is 1. The lowest BCUT2D eigenvalue weighted by molar-refractivity contribution is -0.129. The average Bonchev–Trinajstić information content (AvgIpc) is 3.13. The number of H-pyrrole nitrogens is 1. The molecule has 3 rings (SSSR count). The largest absolute Gasteiger partial charge is 0.331 e. The van der Waals surface area contributed by atoms with E-state index in [1.807, 2.05) is 11.4 Å². The van der Waals surface area contributed by atoms with Gasteiger partial charge in [0.05, 0.1) is 12.1 Å². The molecular weight excluding hydrogens is 286 g/mol. The van der Waals surface area contributed by atoms with Gasteiger partial charge in [0, 0.05) is 6.04 Å². The van der Waals surface area contributed by atoms with Crippen molar-refractivity contribution in [2.75, 3.05) is 5.88 Å². The van der Waals surface area contributed by atoms with Crippen LogP contribution in [0.15, 0.2) is 16.2 Å². The number of rotatable bonds is 4. The first-order valence-corrected chi connectivity index (χ1v) is 7.42. The van der Waals surface area contributed by atoms with Gasteiger partial charge in [-0.2, -0.15) is 0 Å². The summed E-state index contributed by atoms with van der Waals surface area (Å²) in [4.78, 5) is 32.4. The van der Waals surface area contributed by atoms with Crippen LogP contribution in [-0.2, 0) is 11.3 Å². The SMILES string of the molecule is O=C(CCl)N(Cc1nc2ccsc2c(=O)[nH]1)C1CC1. The molecule has 2 aromatic rings. The van der Waals surface area contributed by atoms with E-state index < -0.39 is 0 Å². The molecule has 19 heavy (non-hydrogen) atoms. The number of hydrogen-bond donors (Lipinski definition) is 1. The number of thiophene rings is 1. The van der Waals surface area contributed by atoms with Gasteiger partial charge in [-0.15, -0.1) is 22.9 Å². The molecule has 1 aliphatic carbocycles. The van der Waals surface area contributed by atoms with E-state index in [0.717, 1.165) is 12.8 Å². The minimum absolute atomic E-state index is 0.0403. The molecule has 0 bridgehead atoms. The summed E-state index contributed by atoms with van der Waals surface area (Å²) < 4.78 is 0.616. The van der Waals surface area contributed by atoms with Crippen molar-refractivity contribution in [2.24, 2.45) is 0 Å². The highest BCUT2D eigenvalue weighted by Gasteiger charge is 2.32. The van der Waals surface area contributed by atoms with Crippen LogP contribution in [0.1, 0.15) is 18.7 Å². The Morgan fingerprint density at radius 3 is 3.05 bits per heavy atom. The number of aromatic amines is 1. The quantitative estimate of drug-likeness (QED) is 0.874. The number of nitrogens with zero attached hydrogens (tertiary/aromatic N) is 2. The average molecular weight is 298 g/mol. The second kappa shape index (κ2) is 4.94. The summed E-state index contributed by atoms with van der Waals surface area (Å²) in [6, 6.07) is 2.05. The second-order valence-corrected chi connectivity index (χ2v) is 5.72. The standard InChI is InChI=1S/C12H12ClN3O2S/c13-5-10(17)16(7-1-2-7)6-9-14-8-3-4-19-11(8)12(18)15-9/h3-4,7H,1-2,5-6H2,(H,14,15,18). The van der Waals surface area contributed by atoms with E-state index in [4.69, 9.17) is 11.6 Å². The topological polar surface area (TPSA) is 66.1 Å². The number of halogens is 1. The summed E-state index contributed by atoms with van der Waals surface area (Å²) in [6.45, 7) is 0.317. The smallest absolute Gasteiger partial charge is 0.268 e. The van der Waals surface area contributed by atoms with Crippen LogP contribution in [0.5, 0.6) is 0 Å². The van der Waals surface area contributed by atoms with Crippen molar-refractivity contribution in [1.82, 2.24) is 14.9 Å². The van der Waals surface area contributed by atoms with E-state index in [1.165, 1.54) is 11.3 Å². The molecule has 1 amide bonds. The highest BCUT2D eigenvalue weighted by molar-refractivity contribution is 7.17. The number of alkyl halides is 1. The molecule has 2 aromatic heterocycles. The Morgan fingerprint density at radius 1 is 1.58 bits per heavy atom. The van der Waals surface area contributed by atoms with Crippen molar-refractivity contribution in [1.29, 1.82) is 0 Å². The molecule has 0 aliphatic heterocycles. The monoisotopic (exact) mass is 297 g/mol. The van der Waals surface area contributed by atoms with Crippen LogP contribution in [0, 0.1) is 0 Å². The third-order valence-electron chi connectivity index (χ3n) is 3.11. The van der Waals surface area contributed by atoms with Crippen LogP contribution in [0.25, 0.3) is 10.2 Å². The number of fused-ring (bicyclic) bond motifs is 1. The van der Waals surface area contributed by atoms with E-state index in [-0.39, 0.29) is 23.4 Å². The Bertz CT molecular complexity index is 677. The predicted octanol–water partition coefficient (Wildman–Crippen LogP) is 1.71. The van der Waals surface area contributed by atoms with Crippen LogP contribution in [0.2, 0.25) is 0 Å². The highest BCUT2D eigenvalue weighted by Crippen LogP contribution is 2.28. The predicted molar refractivity (Wildman–Crippen MR) is 74.5 cm³/mol. The van der Waals surface area contributed by atoms with Gasteiger partial charge in [0.2, 0.25) is 5.91 Å². The first-order chi connectivity index (χ1) is 9.19. The first-order valence-electron chi connectivity index (χ1n) is 6.01.